The molecule has 0 saturated heterocycles. The van der Waals surface area contributed by atoms with Crippen LogP contribution in [0.1, 0.15) is 33.6 Å². The molecule has 0 aliphatic carbocycles. The Morgan fingerprint density at radius 3 is 2.27 bits per heavy atom. The number of likely N-dealkylation sites (N-methyl/N-ethyl adjacent to an activating group) is 1. The molecule has 1 amide bonds. The highest BCUT2D eigenvalue weighted by Gasteiger charge is 2.24. The molecule has 15 heavy (non-hydrogen) atoms. The second kappa shape index (κ2) is 7.65. The Morgan fingerprint density at radius 2 is 1.87 bits per heavy atom. The number of rotatable bonds is 8. The average molecular weight is 216 g/mol. The molecule has 0 aliphatic heterocycles. The van der Waals surface area contributed by atoms with Crippen LogP contribution in [-0.2, 0) is 4.79 Å². The van der Waals surface area contributed by atoms with E-state index in [1.807, 2.05) is 6.92 Å². The fourth-order valence-electron chi connectivity index (χ4n) is 1.48. The van der Waals surface area contributed by atoms with Gasteiger partial charge >= 0.3 is 0 Å². The lowest BCUT2D eigenvalue weighted by molar-refractivity contribution is -0.120. The van der Waals surface area contributed by atoms with E-state index in [4.69, 9.17) is 0 Å². The first-order valence-corrected chi connectivity index (χ1v) is 5.72. The smallest absolute Gasteiger partial charge is 0.233 e. The molecule has 0 rings (SSSR count). The van der Waals surface area contributed by atoms with E-state index in [1.54, 1.807) is 0 Å². The van der Waals surface area contributed by atoms with Gasteiger partial charge in [0.25, 0.3) is 0 Å². The summed E-state index contributed by atoms with van der Waals surface area (Å²) in [7, 11) is 0. The molecular weight excluding hydrogens is 192 g/mol. The molecule has 4 heteroatoms. The normalized spacial score (nSPS) is 11.5. The predicted molar refractivity (Wildman–Crippen MR) is 61.7 cm³/mol. The van der Waals surface area contributed by atoms with Crippen LogP contribution in [0.15, 0.2) is 0 Å². The fourth-order valence-corrected chi connectivity index (χ4v) is 1.48. The third-order valence-electron chi connectivity index (χ3n) is 2.99. The van der Waals surface area contributed by atoms with Crippen LogP contribution in [0.5, 0.6) is 0 Å². The van der Waals surface area contributed by atoms with E-state index < -0.39 is 0 Å². The Balaban J connectivity index is 3.85. The first-order chi connectivity index (χ1) is 7.14. The molecule has 4 nitrogen and oxygen atoms in total. The van der Waals surface area contributed by atoms with E-state index in [0.29, 0.717) is 19.6 Å². The number of aliphatic hydroxyl groups excluding tert-OH is 1. The maximum Gasteiger partial charge on any atom is 0.233 e. The van der Waals surface area contributed by atoms with E-state index in [1.165, 1.54) is 0 Å². The SMILES string of the molecule is CCNC(=O)CNCC(CC)(CC)CO. The zero-order valence-electron chi connectivity index (χ0n) is 10.1. The van der Waals surface area contributed by atoms with Gasteiger partial charge in [0.05, 0.1) is 6.54 Å². The summed E-state index contributed by atoms with van der Waals surface area (Å²) in [5, 5.41) is 15.1. The molecule has 3 N–H and O–H groups in total. The molecule has 0 aromatic rings. The third-order valence-corrected chi connectivity index (χ3v) is 2.99. The van der Waals surface area contributed by atoms with Gasteiger partial charge in [0.1, 0.15) is 0 Å². The minimum absolute atomic E-state index is 0.0107. The van der Waals surface area contributed by atoms with Gasteiger partial charge < -0.3 is 15.7 Å². The van der Waals surface area contributed by atoms with Gasteiger partial charge in [-0.25, -0.2) is 0 Å². The van der Waals surface area contributed by atoms with Gasteiger partial charge in [0.15, 0.2) is 0 Å². The minimum atomic E-state index is -0.0769. The molecule has 0 saturated carbocycles. The number of amides is 1. The lowest BCUT2D eigenvalue weighted by atomic mass is 9.83. The lowest BCUT2D eigenvalue weighted by Gasteiger charge is -2.29. The highest BCUT2D eigenvalue weighted by molar-refractivity contribution is 5.77. The molecule has 0 aromatic carbocycles. The maximum atomic E-state index is 11.2. The molecule has 90 valence electrons. The van der Waals surface area contributed by atoms with Gasteiger partial charge in [-0.1, -0.05) is 13.8 Å². The number of carbonyl (C=O) groups excluding carboxylic acids is 1. The minimum Gasteiger partial charge on any atom is -0.396 e. The largest absolute Gasteiger partial charge is 0.396 e. The maximum absolute atomic E-state index is 11.2. The first kappa shape index (κ1) is 14.4. The van der Waals surface area contributed by atoms with Gasteiger partial charge in [-0.3, -0.25) is 4.79 Å². The molecule has 0 unspecified atom stereocenters. The van der Waals surface area contributed by atoms with Crippen molar-refractivity contribution < 1.29 is 9.90 Å². The number of nitrogens with one attached hydrogen (secondary N) is 2. The van der Waals surface area contributed by atoms with Crippen molar-refractivity contribution in [2.24, 2.45) is 5.41 Å². The molecule has 0 bridgehead atoms. The van der Waals surface area contributed by atoms with Gasteiger partial charge in [-0.15, -0.1) is 0 Å². The monoisotopic (exact) mass is 216 g/mol. The number of carbonyl (C=O) groups is 1. The molecule has 0 aliphatic rings. The van der Waals surface area contributed by atoms with E-state index in [-0.39, 0.29) is 17.9 Å². The Kier molecular flexibility index (Phi) is 7.34. The molecule has 0 atom stereocenters. The van der Waals surface area contributed by atoms with Crippen LogP contribution in [-0.4, -0.2) is 37.3 Å². The summed E-state index contributed by atoms with van der Waals surface area (Å²) in [5.41, 5.74) is -0.0769. The summed E-state index contributed by atoms with van der Waals surface area (Å²) in [6.07, 6.45) is 1.84. The Hall–Kier alpha value is -0.610. The van der Waals surface area contributed by atoms with Crippen molar-refractivity contribution in [2.45, 2.75) is 33.6 Å². The Morgan fingerprint density at radius 1 is 1.27 bits per heavy atom. The van der Waals surface area contributed by atoms with Crippen molar-refractivity contribution in [3.8, 4) is 0 Å². The molecule has 0 spiro atoms. The van der Waals surface area contributed by atoms with Crippen LogP contribution in [0, 0.1) is 5.41 Å². The van der Waals surface area contributed by atoms with Crippen LogP contribution in [0.25, 0.3) is 0 Å². The van der Waals surface area contributed by atoms with Crippen LogP contribution in [0.4, 0.5) is 0 Å². The summed E-state index contributed by atoms with van der Waals surface area (Å²) in [5.74, 6) is 0.0107. The summed E-state index contributed by atoms with van der Waals surface area (Å²) < 4.78 is 0. The van der Waals surface area contributed by atoms with Gasteiger partial charge in [0, 0.05) is 25.1 Å². The van der Waals surface area contributed by atoms with Crippen LogP contribution in [0.2, 0.25) is 0 Å². The molecule has 0 fully saturated rings. The molecule has 0 heterocycles. The van der Waals surface area contributed by atoms with Crippen molar-refractivity contribution in [2.75, 3.05) is 26.2 Å². The third kappa shape index (κ3) is 5.14. The molecular formula is C11H24N2O2. The fraction of sp³-hybridized carbons (Fsp3) is 0.909. The van der Waals surface area contributed by atoms with E-state index >= 15 is 0 Å². The van der Waals surface area contributed by atoms with Gasteiger partial charge in [0.2, 0.25) is 5.91 Å². The highest BCUT2D eigenvalue weighted by atomic mass is 16.3. The van der Waals surface area contributed by atoms with E-state index in [0.717, 1.165) is 12.8 Å². The van der Waals surface area contributed by atoms with Gasteiger partial charge in [-0.05, 0) is 19.8 Å². The summed E-state index contributed by atoms with van der Waals surface area (Å²) in [6.45, 7) is 7.87. The van der Waals surface area contributed by atoms with Crippen molar-refractivity contribution in [3.63, 3.8) is 0 Å². The molecule has 0 radical (unpaired) electrons. The van der Waals surface area contributed by atoms with E-state index in [9.17, 15) is 9.90 Å². The average Bonchev–Trinajstić information content (AvgIpc) is 2.25. The first-order valence-electron chi connectivity index (χ1n) is 5.72. The Bertz CT molecular complexity index is 171. The predicted octanol–water partition coefficient (Wildman–Crippen LogP) is 0.511. The van der Waals surface area contributed by atoms with Crippen molar-refractivity contribution >= 4 is 5.91 Å². The summed E-state index contributed by atoms with van der Waals surface area (Å²) in [6, 6.07) is 0. The van der Waals surface area contributed by atoms with Crippen LogP contribution >= 0.6 is 0 Å². The number of aliphatic hydroxyl groups is 1. The van der Waals surface area contributed by atoms with Crippen molar-refractivity contribution in [1.82, 2.24) is 10.6 Å². The van der Waals surface area contributed by atoms with Crippen LogP contribution in [0.3, 0.4) is 0 Å². The standard InChI is InChI=1S/C11H24N2O2/c1-4-11(5-2,9-14)8-12-7-10(15)13-6-3/h12,14H,4-9H2,1-3H3,(H,13,15). The van der Waals surface area contributed by atoms with Gasteiger partial charge in [-0.2, -0.15) is 0 Å². The quantitative estimate of drug-likeness (QED) is 0.554. The lowest BCUT2D eigenvalue weighted by Crippen LogP contribution is -2.41. The zero-order chi connectivity index (χ0) is 11.7. The van der Waals surface area contributed by atoms with Crippen molar-refractivity contribution in [3.05, 3.63) is 0 Å². The summed E-state index contributed by atoms with van der Waals surface area (Å²) >= 11 is 0. The Labute approximate surface area is 92.4 Å². The van der Waals surface area contributed by atoms with Crippen LogP contribution < -0.4 is 10.6 Å². The van der Waals surface area contributed by atoms with Crippen molar-refractivity contribution in [1.29, 1.82) is 0 Å². The molecule has 0 aromatic heterocycles. The number of hydrogen-bond acceptors (Lipinski definition) is 3. The second-order valence-electron chi connectivity index (χ2n) is 3.92. The highest BCUT2D eigenvalue weighted by Crippen LogP contribution is 2.24. The van der Waals surface area contributed by atoms with E-state index in [2.05, 4.69) is 24.5 Å². The topological polar surface area (TPSA) is 61.4 Å². The number of hydrogen-bond donors (Lipinski definition) is 3. The second-order valence-corrected chi connectivity index (χ2v) is 3.92. The zero-order valence-corrected chi connectivity index (χ0v) is 10.1. The summed E-state index contributed by atoms with van der Waals surface area (Å²) in [4.78, 5) is 11.2.